The number of non-ortho nitro benzene ring substituents is 1. The number of carbonyl (C=O) groups excluding carboxylic acids is 1. The lowest BCUT2D eigenvalue weighted by Gasteiger charge is -2.07. The summed E-state index contributed by atoms with van der Waals surface area (Å²) in [6.07, 6.45) is -1.49. The Morgan fingerprint density at radius 3 is 2.80 bits per heavy atom. The Kier molecular flexibility index (Phi) is 3.35. The minimum atomic E-state index is -1.49. The fourth-order valence-electron chi connectivity index (χ4n) is 1.06. The number of aliphatic hydroxyl groups is 1. The number of hydrogen-bond acceptors (Lipinski definition) is 5. The molecule has 6 nitrogen and oxygen atoms in total. The van der Waals surface area contributed by atoms with E-state index in [2.05, 4.69) is 4.74 Å². The summed E-state index contributed by atoms with van der Waals surface area (Å²) < 4.78 is 4.31. The summed E-state index contributed by atoms with van der Waals surface area (Å²) in [6, 6.07) is 5.20. The Labute approximate surface area is 85.2 Å². The first kappa shape index (κ1) is 11.1. The number of nitro groups is 1. The highest BCUT2D eigenvalue weighted by molar-refractivity contribution is 5.76. The molecular weight excluding hydrogens is 202 g/mol. The van der Waals surface area contributed by atoms with Gasteiger partial charge in [0.1, 0.15) is 0 Å². The van der Waals surface area contributed by atoms with Gasteiger partial charge in [-0.3, -0.25) is 10.1 Å². The zero-order chi connectivity index (χ0) is 11.4. The Hall–Kier alpha value is -1.95. The van der Waals surface area contributed by atoms with E-state index in [9.17, 15) is 20.0 Å². The van der Waals surface area contributed by atoms with Gasteiger partial charge in [0.2, 0.25) is 0 Å². The fourth-order valence-corrected chi connectivity index (χ4v) is 1.06. The fraction of sp³-hybridized carbons (Fsp3) is 0.222. The molecule has 0 radical (unpaired) electrons. The van der Waals surface area contributed by atoms with Gasteiger partial charge in [0.25, 0.3) is 5.69 Å². The quantitative estimate of drug-likeness (QED) is 0.453. The van der Waals surface area contributed by atoms with Gasteiger partial charge in [-0.1, -0.05) is 12.1 Å². The highest BCUT2D eigenvalue weighted by atomic mass is 16.6. The van der Waals surface area contributed by atoms with E-state index >= 15 is 0 Å². The van der Waals surface area contributed by atoms with Crippen LogP contribution < -0.4 is 0 Å². The molecule has 1 N–H and O–H groups in total. The van der Waals surface area contributed by atoms with Crippen LogP contribution in [0.15, 0.2) is 24.3 Å². The first-order valence-electron chi connectivity index (χ1n) is 4.06. The predicted molar refractivity (Wildman–Crippen MR) is 50.1 cm³/mol. The van der Waals surface area contributed by atoms with Crippen LogP contribution in [-0.2, 0) is 9.53 Å². The third kappa shape index (κ3) is 2.50. The van der Waals surface area contributed by atoms with Crippen molar-refractivity contribution in [1.82, 2.24) is 0 Å². The normalized spacial score (nSPS) is 11.9. The number of hydrogen-bond donors (Lipinski definition) is 1. The van der Waals surface area contributed by atoms with Gasteiger partial charge in [-0.15, -0.1) is 0 Å². The monoisotopic (exact) mass is 211 g/mol. The minimum Gasteiger partial charge on any atom is -0.467 e. The molecule has 0 amide bonds. The second-order valence-corrected chi connectivity index (χ2v) is 2.78. The summed E-state index contributed by atoms with van der Waals surface area (Å²) >= 11 is 0. The SMILES string of the molecule is COC(=O)C(O)c1cccc([N+](=O)[O-])c1. The maximum Gasteiger partial charge on any atom is 0.339 e. The third-order valence-corrected chi connectivity index (χ3v) is 1.82. The van der Waals surface area contributed by atoms with Crippen molar-refractivity contribution < 1.29 is 19.6 Å². The van der Waals surface area contributed by atoms with E-state index in [0.29, 0.717) is 0 Å². The number of benzene rings is 1. The molecule has 0 aliphatic rings. The number of aliphatic hydroxyl groups excluding tert-OH is 1. The van der Waals surface area contributed by atoms with E-state index in [-0.39, 0.29) is 11.3 Å². The molecule has 0 spiro atoms. The van der Waals surface area contributed by atoms with E-state index in [0.717, 1.165) is 13.2 Å². The zero-order valence-electron chi connectivity index (χ0n) is 7.91. The van der Waals surface area contributed by atoms with Crippen LogP contribution in [0.2, 0.25) is 0 Å². The molecule has 80 valence electrons. The van der Waals surface area contributed by atoms with Gasteiger partial charge < -0.3 is 9.84 Å². The Morgan fingerprint density at radius 2 is 2.27 bits per heavy atom. The molecule has 15 heavy (non-hydrogen) atoms. The Bertz CT molecular complexity index is 390. The number of nitro benzene ring substituents is 1. The van der Waals surface area contributed by atoms with Crippen molar-refractivity contribution in [3.05, 3.63) is 39.9 Å². The highest BCUT2D eigenvalue weighted by Crippen LogP contribution is 2.19. The summed E-state index contributed by atoms with van der Waals surface area (Å²) in [4.78, 5) is 20.8. The molecule has 0 aliphatic carbocycles. The smallest absolute Gasteiger partial charge is 0.339 e. The molecule has 0 aliphatic heterocycles. The predicted octanol–water partition coefficient (Wildman–Crippen LogP) is 0.801. The van der Waals surface area contributed by atoms with Crippen molar-refractivity contribution in [2.24, 2.45) is 0 Å². The molecule has 1 aromatic carbocycles. The van der Waals surface area contributed by atoms with Crippen LogP contribution >= 0.6 is 0 Å². The highest BCUT2D eigenvalue weighted by Gasteiger charge is 2.19. The molecular formula is C9H9NO5. The van der Waals surface area contributed by atoms with Gasteiger partial charge in [0.05, 0.1) is 12.0 Å². The van der Waals surface area contributed by atoms with E-state index in [1.54, 1.807) is 0 Å². The van der Waals surface area contributed by atoms with Crippen molar-refractivity contribution in [2.75, 3.05) is 7.11 Å². The lowest BCUT2D eigenvalue weighted by molar-refractivity contribution is -0.385. The number of nitrogens with zero attached hydrogens (tertiary/aromatic N) is 1. The van der Waals surface area contributed by atoms with E-state index in [4.69, 9.17) is 0 Å². The van der Waals surface area contributed by atoms with Gasteiger partial charge in [-0.2, -0.15) is 0 Å². The second kappa shape index (κ2) is 4.52. The molecule has 1 rings (SSSR count). The van der Waals surface area contributed by atoms with Gasteiger partial charge in [-0.05, 0) is 5.56 Å². The number of methoxy groups -OCH3 is 1. The van der Waals surface area contributed by atoms with Crippen molar-refractivity contribution in [1.29, 1.82) is 0 Å². The molecule has 0 heterocycles. The number of rotatable bonds is 3. The van der Waals surface area contributed by atoms with Gasteiger partial charge in [0.15, 0.2) is 6.10 Å². The Balaban J connectivity index is 3.00. The van der Waals surface area contributed by atoms with Crippen LogP contribution in [0.3, 0.4) is 0 Å². The first-order valence-corrected chi connectivity index (χ1v) is 4.06. The summed E-state index contributed by atoms with van der Waals surface area (Å²) in [5, 5.41) is 19.8. The zero-order valence-corrected chi connectivity index (χ0v) is 7.91. The number of ether oxygens (including phenoxy) is 1. The minimum absolute atomic E-state index is 0.135. The summed E-state index contributed by atoms with van der Waals surface area (Å²) in [5.74, 6) is -0.851. The summed E-state index contributed by atoms with van der Waals surface area (Å²) in [5.41, 5.74) is -0.0495. The molecule has 1 unspecified atom stereocenters. The molecule has 0 fully saturated rings. The van der Waals surface area contributed by atoms with Crippen LogP contribution in [0.1, 0.15) is 11.7 Å². The molecule has 0 aromatic heterocycles. The standard InChI is InChI=1S/C9H9NO5/c1-15-9(12)8(11)6-3-2-4-7(5-6)10(13)14/h2-5,8,11H,1H3. The molecule has 1 atom stereocenters. The van der Waals surface area contributed by atoms with Gasteiger partial charge in [0, 0.05) is 12.1 Å². The van der Waals surface area contributed by atoms with Crippen LogP contribution in [-0.4, -0.2) is 23.1 Å². The maximum atomic E-state index is 11.0. The molecule has 0 saturated carbocycles. The van der Waals surface area contributed by atoms with Crippen LogP contribution in [0.4, 0.5) is 5.69 Å². The summed E-state index contributed by atoms with van der Waals surface area (Å²) in [7, 11) is 1.13. The van der Waals surface area contributed by atoms with E-state index in [1.807, 2.05) is 0 Å². The van der Waals surface area contributed by atoms with Crippen molar-refractivity contribution >= 4 is 11.7 Å². The average molecular weight is 211 g/mol. The lowest BCUT2D eigenvalue weighted by atomic mass is 10.1. The number of esters is 1. The van der Waals surface area contributed by atoms with Crippen LogP contribution in [0, 0.1) is 10.1 Å². The van der Waals surface area contributed by atoms with E-state index < -0.39 is 17.0 Å². The Morgan fingerprint density at radius 1 is 1.60 bits per heavy atom. The number of carbonyl (C=O) groups is 1. The first-order chi connectivity index (χ1) is 7.06. The second-order valence-electron chi connectivity index (χ2n) is 2.78. The van der Waals surface area contributed by atoms with Crippen LogP contribution in [0.5, 0.6) is 0 Å². The molecule has 1 aromatic rings. The third-order valence-electron chi connectivity index (χ3n) is 1.82. The van der Waals surface area contributed by atoms with E-state index in [1.165, 1.54) is 18.2 Å². The molecule has 0 saturated heterocycles. The average Bonchev–Trinajstić information content (AvgIpc) is 2.27. The van der Waals surface area contributed by atoms with Crippen molar-refractivity contribution in [3.63, 3.8) is 0 Å². The topological polar surface area (TPSA) is 89.7 Å². The van der Waals surface area contributed by atoms with Crippen molar-refractivity contribution in [3.8, 4) is 0 Å². The van der Waals surface area contributed by atoms with Gasteiger partial charge in [-0.25, -0.2) is 4.79 Å². The molecule has 6 heteroatoms. The maximum absolute atomic E-state index is 11.0. The van der Waals surface area contributed by atoms with Crippen LogP contribution in [0.25, 0.3) is 0 Å². The van der Waals surface area contributed by atoms with Gasteiger partial charge >= 0.3 is 5.97 Å². The summed E-state index contributed by atoms with van der Waals surface area (Å²) in [6.45, 7) is 0. The van der Waals surface area contributed by atoms with Crippen molar-refractivity contribution in [2.45, 2.75) is 6.10 Å². The largest absolute Gasteiger partial charge is 0.467 e. The lowest BCUT2D eigenvalue weighted by Crippen LogP contribution is -2.13. The molecule has 0 bridgehead atoms.